The summed E-state index contributed by atoms with van der Waals surface area (Å²) >= 11 is 12.5. The number of anilines is 1. The van der Waals surface area contributed by atoms with Crippen LogP contribution in [0.25, 0.3) is 11.2 Å². The number of halogens is 2. The highest BCUT2D eigenvalue weighted by atomic mass is 35.5. The highest BCUT2D eigenvalue weighted by Gasteiger charge is 2.29. The average Bonchev–Trinajstić information content (AvgIpc) is 3.28. The van der Waals surface area contributed by atoms with E-state index in [2.05, 4.69) is 20.3 Å². The van der Waals surface area contributed by atoms with Gasteiger partial charge in [-0.2, -0.15) is 5.10 Å². The Labute approximate surface area is 218 Å². The maximum atomic E-state index is 12.9. The number of primary amides is 1. The van der Waals surface area contributed by atoms with Gasteiger partial charge < -0.3 is 20.9 Å². The number of benzene rings is 1. The Bertz CT molecular complexity index is 1300. The molecule has 190 valence electrons. The van der Waals surface area contributed by atoms with E-state index >= 15 is 0 Å². The maximum Gasteiger partial charge on any atom is 0.271 e. The second-order valence-corrected chi connectivity index (χ2v) is 10.1. The second-order valence-electron chi connectivity index (χ2n) is 9.21. The average molecular weight is 531 g/mol. The number of carbonyl (C=O) groups excluding carboxylic acids is 2. The van der Waals surface area contributed by atoms with E-state index in [-0.39, 0.29) is 23.7 Å². The molecule has 2 amide bonds. The van der Waals surface area contributed by atoms with E-state index in [1.54, 1.807) is 23.0 Å². The molecule has 0 radical (unpaired) electrons. The molecule has 0 saturated carbocycles. The molecule has 36 heavy (non-hydrogen) atoms. The molecule has 10 nitrogen and oxygen atoms in total. The first kappa shape index (κ1) is 24.7. The van der Waals surface area contributed by atoms with E-state index in [0.717, 1.165) is 31.4 Å². The van der Waals surface area contributed by atoms with E-state index in [9.17, 15) is 9.59 Å². The maximum absolute atomic E-state index is 12.9. The zero-order valence-electron chi connectivity index (χ0n) is 20.0. The second kappa shape index (κ2) is 10.2. The molecule has 3 N–H and O–H groups in total. The number of piperidine rings is 1. The number of carbonyl (C=O) groups is 2. The molecule has 2 aromatic heterocycles. The van der Waals surface area contributed by atoms with Crippen LogP contribution in [0.15, 0.2) is 24.4 Å². The number of piperazine rings is 1. The van der Waals surface area contributed by atoms with Crippen molar-refractivity contribution >= 4 is 52.0 Å². The van der Waals surface area contributed by atoms with Gasteiger partial charge >= 0.3 is 0 Å². The van der Waals surface area contributed by atoms with Crippen LogP contribution in [-0.2, 0) is 4.79 Å². The lowest BCUT2D eigenvalue weighted by Gasteiger charge is -2.37. The van der Waals surface area contributed by atoms with Crippen LogP contribution in [0.2, 0.25) is 10.0 Å². The number of aromatic nitrogens is 4. The fraction of sp³-hybridized carbons (Fsp3) is 0.458. The number of fused-ring (bicyclic) bond motifs is 1. The molecular formula is C24H28Cl2N8O2. The number of hydrogen-bond donors (Lipinski definition) is 2. The third-order valence-corrected chi connectivity index (χ3v) is 7.49. The van der Waals surface area contributed by atoms with Gasteiger partial charge in [0.2, 0.25) is 5.91 Å². The first-order chi connectivity index (χ1) is 17.3. The largest absolute Gasteiger partial charge is 0.364 e. The van der Waals surface area contributed by atoms with Crippen molar-refractivity contribution in [3.63, 3.8) is 0 Å². The number of rotatable bonds is 5. The van der Waals surface area contributed by atoms with Gasteiger partial charge in [-0.15, -0.1) is 0 Å². The van der Waals surface area contributed by atoms with E-state index in [1.165, 1.54) is 0 Å². The van der Waals surface area contributed by atoms with Gasteiger partial charge in [-0.05, 0) is 44.0 Å². The Kier molecular flexibility index (Phi) is 7.00. The fourth-order valence-corrected chi connectivity index (χ4v) is 5.47. The Balaban J connectivity index is 1.41. The third-order valence-electron chi connectivity index (χ3n) is 6.93. The zero-order chi connectivity index (χ0) is 25.4. The zero-order valence-corrected chi connectivity index (χ0v) is 21.5. The van der Waals surface area contributed by atoms with Gasteiger partial charge in [0.05, 0.1) is 18.3 Å². The molecule has 12 heteroatoms. The molecule has 1 unspecified atom stereocenters. The minimum Gasteiger partial charge on any atom is -0.364 e. The molecule has 0 aliphatic carbocycles. The van der Waals surface area contributed by atoms with Crippen LogP contribution in [0, 0.1) is 0 Å². The Morgan fingerprint density at radius 1 is 1.17 bits per heavy atom. The van der Waals surface area contributed by atoms with Crippen molar-refractivity contribution in [3.8, 4) is 0 Å². The highest BCUT2D eigenvalue weighted by molar-refractivity contribution is 6.35. The Morgan fingerprint density at radius 3 is 2.61 bits per heavy atom. The molecule has 2 aliphatic heterocycles. The van der Waals surface area contributed by atoms with Crippen LogP contribution in [0.3, 0.4) is 0 Å². The van der Waals surface area contributed by atoms with Crippen LogP contribution >= 0.6 is 23.2 Å². The summed E-state index contributed by atoms with van der Waals surface area (Å²) in [4.78, 5) is 38.3. The molecule has 4 heterocycles. The summed E-state index contributed by atoms with van der Waals surface area (Å²) < 4.78 is 1.62. The Morgan fingerprint density at radius 2 is 1.94 bits per heavy atom. The quantitative estimate of drug-likeness (QED) is 0.519. The van der Waals surface area contributed by atoms with E-state index in [0.29, 0.717) is 53.2 Å². The van der Waals surface area contributed by atoms with E-state index in [4.69, 9.17) is 33.9 Å². The summed E-state index contributed by atoms with van der Waals surface area (Å²) in [6.45, 7) is 5.29. The van der Waals surface area contributed by atoms with Gasteiger partial charge in [0.1, 0.15) is 11.3 Å². The number of hydrogen-bond acceptors (Lipinski definition) is 7. The van der Waals surface area contributed by atoms with Crippen LogP contribution < -0.4 is 16.0 Å². The van der Waals surface area contributed by atoms with Gasteiger partial charge in [0, 0.05) is 36.2 Å². The van der Waals surface area contributed by atoms with Gasteiger partial charge in [-0.1, -0.05) is 35.7 Å². The standard InChI is InChI=1S/C24H28Cl2N8O2/c1-14(16-6-5-15(25)12-17(16)26)34-23-21(20(31-34)22(27)35)29-13-19(30-23)32-8-10-33(11-9-32)24(36)18-4-2-3-7-28-18/h5-6,12-14,18,28H,2-4,7-11H2,1H3,(H2,27,35)/t14?,18-/m1/s1. The summed E-state index contributed by atoms with van der Waals surface area (Å²) in [5.41, 5.74) is 7.18. The minimum atomic E-state index is -0.682. The summed E-state index contributed by atoms with van der Waals surface area (Å²) in [7, 11) is 0. The van der Waals surface area contributed by atoms with Crippen molar-refractivity contribution in [2.75, 3.05) is 37.6 Å². The van der Waals surface area contributed by atoms with Crippen molar-refractivity contribution in [3.05, 3.63) is 45.7 Å². The lowest BCUT2D eigenvalue weighted by Crippen LogP contribution is -2.55. The molecule has 1 aromatic carbocycles. The lowest BCUT2D eigenvalue weighted by molar-refractivity contribution is -0.134. The molecular weight excluding hydrogens is 503 g/mol. The molecule has 2 atom stereocenters. The van der Waals surface area contributed by atoms with Crippen molar-refractivity contribution in [2.45, 2.75) is 38.3 Å². The van der Waals surface area contributed by atoms with Crippen LogP contribution in [0.1, 0.15) is 48.3 Å². The molecule has 5 rings (SSSR count). The fourth-order valence-electron chi connectivity index (χ4n) is 4.90. The topological polar surface area (TPSA) is 122 Å². The van der Waals surface area contributed by atoms with Crippen LogP contribution in [0.5, 0.6) is 0 Å². The normalized spacial score (nSPS) is 19.5. The first-order valence-corrected chi connectivity index (χ1v) is 12.9. The predicted molar refractivity (Wildman–Crippen MR) is 139 cm³/mol. The lowest BCUT2D eigenvalue weighted by atomic mass is 10.0. The SMILES string of the molecule is CC(c1ccc(Cl)cc1Cl)n1nc(C(N)=O)c2ncc(N3CCN(C(=O)[C@H]4CCCCN4)CC3)nc21. The van der Waals surface area contributed by atoms with E-state index in [1.807, 2.05) is 17.9 Å². The smallest absolute Gasteiger partial charge is 0.271 e. The van der Waals surface area contributed by atoms with Crippen LogP contribution in [-0.4, -0.2) is 75.2 Å². The van der Waals surface area contributed by atoms with Gasteiger partial charge in [-0.25, -0.2) is 14.6 Å². The van der Waals surface area contributed by atoms with Gasteiger partial charge in [-0.3, -0.25) is 9.59 Å². The van der Waals surface area contributed by atoms with Crippen molar-refractivity contribution in [1.29, 1.82) is 0 Å². The van der Waals surface area contributed by atoms with Crippen LogP contribution in [0.4, 0.5) is 5.82 Å². The minimum absolute atomic E-state index is 0.0522. The summed E-state index contributed by atoms with van der Waals surface area (Å²) in [5.74, 6) is 0.143. The molecule has 2 fully saturated rings. The van der Waals surface area contributed by atoms with Crippen molar-refractivity contribution in [2.24, 2.45) is 5.73 Å². The summed E-state index contributed by atoms with van der Waals surface area (Å²) in [6.07, 6.45) is 4.72. The van der Waals surface area contributed by atoms with Gasteiger partial charge in [0.25, 0.3) is 5.91 Å². The molecule has 2 saturated heterocycles. The number of nitrogens with two attached hydrogens (primary N) is 1. The predicted octanol–water partition coefficient (Wildman–Crippen LogP) is 2.63. The molecule has 0 spiro atoms. The highest BCUT2D eigenvalue weighted by Crippen LogP contribution is 2.31. The third kappa shape index (κ3) is 4.72. The van der Waals surface area contributed by atoms with E-state index < -0.39 is 5.91 Å². The number of amides is 2. The van der Waals surface area contributed by atoms with Gasteiger partial charge in [0.15, 0.2) is 11.3 Å². The summed E-state index contributed by atoms with van der Waals surface area (Å²) in [6, 6.07) is 4.80. The van der Waals surface area contributed by atoms with Crippen molar-refractivity contribution < 1.29 is 9.59 Å². The monoisotopic (exact) mass is 530 g/mol. The Hall–Kier alpha value is -2.95. The number of nitrogens with zero attached hydrogens (tertiary/aromatic N) is 6. The molecule has 2 aliphatic rings. The molecule has 0 bridgehead atoms. The first-order valence-electron chi connectivity index (χ1n) is 12.1. The van der Waals surface area contributed by atoms with Crippen molar-refractivity contribution in [1.82, 2.24) is 30.0 Å². The summed E-state index contributed by atoms with van der Waals surface area (Å²) in [5, 5.41) is 8.79. The molecule has 3 aromatic rings. The number of nitrogens with one attached hydrogen (secondary N) is 1.